The zero-order valence-electron chi connectivity index (χ0n) is 6.45. The van der Waals surface area contributed by atoms with Gasteiger partial charge in [0.2, 0.25) is 0 Å². The van der Waals surface area contributed by atoms with Gasteiger partial charge in [-0.15, -0.1) is 0 Å². The molecule has 0 aliphatic heterocycles. The molecule has 0 aromatic carbocycles. The minimum absolute atomic E-state index is 0.133. The second-order valence-corrected chi connectivity index (χ2v) is 3.26. The molecule has 1 saturated carbocycles. The monoisotopic (exact) mass is 144 g/mol. The second-order valence-electron chi connectivity index (χ2n) is 3.26. The Balaban J connectivity index is 2.40. The largest absolute Gasteiger partial charge is 0.393 e. The van der Waals surface area contributed by atoms with Gasteiger partial charge in [-0.05, 0) is 19.8 Å². The molecule has 0 aromatic heterocycles. The van der Waals surface area contributed by atoms with Crippen molar-refractivity contribution in [2.24, 2.45) is 5.92 Å². The van der Waals surface area contributed by atoms with Crippen LogP contribution in [0.4, 0.5) is 0 Å². The zero-order chi connectivity index (χ0) is 7.56. The standard InChI is InChI=1S/C8H16O2/c1-6(9)7-4-2-3-5-8(7)10/h6-10H,2-5H2,1H3/t6-,7-,8-/m0/s1. The molecule has 0 spiro atoms. The molecular weight excluding hydrogens is 128 g/mol. The summed E-state index contributed by atoms with van der Waals surface area (Å²) in [5.41, 5.74) is 0. The summed E-state index contributed by atoms with van der Waals surface area (Å²) >= 11 is 0. The van der Waals surface area contributed by atoms with E-state index in [9.17, 15) is 10.2 Å². The van der Waals surface area contributed by atoms with E-state index in [1.54, 1.807) is 6.92 Å². The molecule has 2 nitrogen and oxygen atoms in total. The summed E-state index contributed by atoms with van der Waals surface area (Å²) in [7, 11) is 0. The lowest BCUT2D eigenvalue weighted by Gasteiger charge is -2.29. The van der Waals surface area contributed by atoms with Crippen molar-refractivity contribution < 1.29 is 10.2 Å². The van der Waals surface area contributed by atoms with Crippen molar-refractivity contribution in [3.05, 3.63) is 0 Å². The van der Waals surface area contributed by atoms with Crippen molar-refractivity contribution in [1.82, 2.24) is 0 Å². The first-order valence-corrected chi connectivity index (χ1v) is 4.08. The molecule has 1 rings (SSSR count). The van der Waals surface area contributed by atoms with E-state index in [-0.39, 0.29) is 18.1 Å². The van der Waals surface area contributed by atoms with Gasteiger partial charge in [0.1, 0.15) is 0 Å². The third-order valence-corrected chi connectivity index (χ3v) is 2.40. The van der Waals surface area contributed by atoms with Gasteiger partial charge in [0, 0.05) is 5.92 Å². The van der Waals surface area contributed by atoms with Crippen molar-refractivity contribution in [3.8, 4) is 0 Å². The lowest BCUT2D eigenvalue weighted by molar-refractivity contribution is -0.00384. The molecule has 0 radical (unpaired) electrons. The summed E-state index contributed by atoms with van der Waals surface area (Å²) in [5.74, 6) is 0.133. The Morgan fingerprint density at radius 2 is 1.90 bits per heavy atom. The maximum atomic E-state index is 9.38. The van der Waals surface area contributed by atoms with E-state index < -0.39 is 0 Å². The average Bonchev–Trinajstić information content (AvgIpc) is 1.88. The summed E-state index contributed by atoms with van der Waals surface area (Å²) in [4.78, 5) is 0. The van der Waals surface area contributed by atoms with E-state index in [0.717, 1.165) is 25.7 Å². The predicted octanol–water partition coefficient (Wildman–Crippen LogP) is 0.918. The van der Waals surface area contributed by atoms with E-state index in [1.807, 2.05) is 0 Å². The molecule has 0 amide bonds. The van der Waals surface area contributed by atoms with Gasteiger partial charge in [0.25, 0.3) is 0 Å². The van der Waals surface area contributed by atoms with Gasteiger partial charge in [0.15, 0.2) is 0 Å². The number of aliphatic hydroxyl groups is 2. The Morgan fingerprint density at radius 1 is 1.30 bits per heavy atom. The lowest BCUT2D eigenvalue weighted by atomic mass is 9.83. The van der Waals surface area contributed by atoms with Crippen LogP contribution in [0.2, 0.25) is 0 Å². The van der Waals surface area contributed by atoms with Gasteiger partial charge in [-0.2, -0.15) is 0 Å². The number of rotatable bonds is 1. The highest BCUT2D eigenvalue weighted by atomic mass is 16.3. The maximum absolute atomic E-state index is 9.38. The molecule has 0 aromatic rings. The minimum Gasteiger partial charge on any atom is -0.393 e. The summed E-state index contributed by atoms with van der Waals surface area (Å²) in [5, 5.41) is 18.6. The topological polar surface area (TPSA) is 40.5 Å². The molecule has 2 heteroatoms. The smallest absolute Gasteiger partial charge is 0.0593 e. The van der Waals surface area contributed by atoms with E-state index in [2.05, 4.69) is 0 Å². The normalized spacial score (nSPS) is 37.5. The predicted molar refractivity (Wildman–Crippen MR) is 39.6 cm³/mol. The highest BCUT2D eigenvalue weighted by molar-refractivity contribution is 4.77. The fourth-order valence-corrected chi connectivity index (χ4v) is 1.70. The van der Waals surface area contributed by atoms with Gasteiger partial charge in [-0.25, -0.2) is 0 Å². The van der Waals surface area contributed by atoms with Crippen molar-refractivity contribution in [2.75, 3.05) is 0 Å². The lowest BCUT2D eigenvalue weighted by Crippen LogP contribution is -2.32. The first kappa shape index (κ1) is 8.02. The van der Waals surface area contributed by atoms with Crippen molar-refractivity contribution >= 4 is 0 Å². The highest BCUT2D eigenvalue weighted by Crippen LogP contribution is 2.26. The number of hydrogen-bond acceptors (Lipinski definition) is 2. The van der Waals surface area contributed by atoms with Gasteiger partial charge < -0.3 is 10.2 Å². The second kappa shape index (κ2) is 3.35. The van der Waals surface area contributed by atoms with Crippen molar-refractivity contribution in [1.29, 1.82) is 0 Å². The molecule has 1 aliphatic rings. The highest BCUT2D eigenvalue weighted by Gasteiger charge is 2.26. The van der Waals surface area contributed by atoms with Crippen LogP contribution >= 0.6 is 0 Å². The fourth-order valence-electron chi connectivity index (χ4n) is 1.70. The first-order valence-electron chi connectivity index (χ1n) is 4.08. The van der Waals surface area contributed by atoms with E-state index in [0.29, 0.717) is 0 Å². The molecule has 0 heterocycles. The van der Waals surface area contributed by atoms with Crippen LogP contribution in [0.5, 0.6) is 0 Å². The van der Waals surface area contributed by atoms with Gasteiger partial charge >= 0.3 is 0 Å². The molecule has 60 valence electrons. The Hall–Kier alpha value is -0.0800. The maximum Gasteiger partial charge on any atom is 0.0593 e. The van der Waals surface area contributed by atoms with Gasteiger partial charge in [0.05, 0.1) is 12.2 Å². The summed E-state index contributed by atoms with van der Waals surface area (Å²) in [6.45, 7) is 1.76. The Morgan fingerprint density at radius 3 is 2.30 bits per heavy atom. The van der Waals surface area contributed by atoms with Crippen LogP contribution in [0.25, 0.3) is 0 Å². The molecule has 0 bridgehead atoms. The Kier molecular flexibility index (Phi) is 2.69. The SMILES string of the molecule is C[C@H](O)[C@@H]1CCCC[C@@H]1O. The summed E-state index contributed by atoms with van der Waals surface area (Å²) in [6.07, 6.45) is 3.54. The Labute approximate surface area is 61.9 Å². The third kappa shape index (κ3) is 1.70. The molecule has 10 heavy (non-hydrogen) atoms. The molecule has 2 N–H and O–H groups in total. The van der Waals surface area contributed by atoms with Crippen LogP contribution in [0.1, 0.15) is 32.6 Å². The van der Waals surface area contributed by atoms with E-state index in [1.165, 1.54) is 0 Å². The van der Waals surface area contributed by atoms with Crippen LogP contribution in [0.3, 0.4) is 0 Å². The zero-order valence-corrected chi connectivity index (χ0v) is 6.45. The third-order valence-electron chi connectivity index (χ3n) is 2.40. The summed E-state index contributed by atoms with van der Waals surface area (Å²) in [6, 6.07) is 0. The van der Waals surface area contributed by atoms with Crippen molar-refractivity contribution in [2.45, 2.75) is 44.8 Å². The number of aliphatic hydroxyl groups excluding tert-OH is 2. The van der Waals surface area contributed by atoms with Crippen LogP contribution in [0.15, 0.2) is 0 Å². The fraction of sp³-hybridized carbons (Fsp3) is 1.00. The molecule has 3 atom stereocenters. The average molecular weight is 144 g/mol. The van der Waals surface area contributed by atoms with Crippen LogP contribution in [0, 0.1) is 5.92 Å². The van der Waals surface area contributed by atoms with Crippen LogP contribution < -0.4 is 0 Å². The molecular formula is C8H16O2. The molecule has 1 fully saturated rings. The van der Waals surface area contributed by atoms with Gasteiger partial charge in [-0.3, -0.25) is 0 Å². The minimum atomic E-state index is -0.338. The van der Waals surface area contributed by atoms with Crippen LogP contribution in [-0.4, -0.2) is 22.4 Å². The Bertz CT molecular complexity index is 101. The van der Waals surface area contributed by atoms with E-state index in [4.69, 9.17) is 0 Å². The molecule has 0 saturated heterocycles. The first-order chi connectivity index (χ1) is 4.72. The number of hydrogen-bond donors (Lipinski definition) is 2. The summed E-state index contributed by atoms with van der Waals surface area (Å²) < 4.78 is 0. The van der Waals surface area contributed by atoms with Crippen LogP contribution in [-0.2, 0) is 0 Å². The molecule has 0 unspecified atom stereocenters. The van der Waals surface area contributed by atoms with E-state index >= 15 is 0 Å². The molecule has 1 aliphatic carbocycles. The quantitative estimate of drug-likeness (QED) is 0.574. The van der Waals surface area contributed by atoms with Gasteiger partial charge in [-0.1, -0.05) is 12.8 Å². The van der Waals surface area contributed by atoms with Crippen molar-refractivity contribution in [3.63, 3.8) is 0 Å².